The smallest absolute Gasteiger partial charge is 0.304 e. The summed E-state index contributed by atoms with van der Waals surface area (Å²) in [5.41, 5.74) is 0.824. The summed E-state index contributed by atoms with van der Waals surface area (Å²) in [5.74, 6) is 0.493. The second-order valence-corrected chi connectivity index (χ2v) is 10.3. The van der Waals surface area contributed by atoms with Gasteiger partial charge < -0.3 is 15.2 Å². The van der Waals surface area contributed by atoms with Crippen LogP contribution in [0.4, 0.5) is 0 Å². The lowest BCUT2D eigenvalue weighted by Crippen LogP contribution is -2.39. The van der Waals surface area contributed by atoms with Crippen LogP contribution in [0.1, 0.15) is 63.9 Å². The Hall–Kier alpha value is -1.64. The third-order valence-corrected chi connectivity index (χ3v) is 7.21. The Morgan fingerprint density at radius 2 is 1.97 bits per heavy atom. The Balaban J connectivity index is 1.89. The van der Waals surface area contributed by atoms with Crippen LogP contribution < -0.4 is 14.8 Å². The highest BCUT2D eigenvalue weighted by Gasteiger charge is 2.22. The first-order valence-corrected chi connectivity index (χ1v) is 13.2. The van der Waals surface area contributed by atoms with E-state index in [0.717, 1.165) is 43.8 Å². The fourth-order valence-corrected chi connectivity index (χ4v) is 5.44. The van der Waals surface area contributed by atoms with Crippen molar-refractivity contribution in [2.24, 2.45) is 5.92 Å². The Bertz CT molecular complexity index is 763. The highest BCUT2D eigenvalue weighted by Crippen LogP contribution is 2.22. The molecule has 0 spiro atoms. The van der Waals surface area contributed by atoms with Gasteiger partial charge in [0.15, 0.2) is 0 Å². The average molecular weight is 455 g/mol. The van der Waals surface area contributed by atoms with E-state index in [1.807, 2.05) is 31.2 Å². The molecule has 31 heavy (non-hydrogen) atoms. The molecule has 7 nitrogen and oxygen atoms in total. The van der Waals surface area contributed by atoms with Crippen molar-refractivity contribution in [1.29, 1.82) is 0 Å². The summed E-state index contributed by atoms with van der Waals surface area (Å²) in [6, 6.07) is 6.78. The number of sulfonamides is 1. The zero-order valence-electron chi connectivity index (χ0n) is 18.6. The summed E-state index contributed by atoms with van der Waals surface area (Å²) in [6.45, 7) is 4.76. The van der Waals surface area contributed by atoms with Gasteiger partial charge in [-0.2, -0.15) is 0 Å². The van der Waals surface area contributed by atoms with Crippen molar-refractivity contribution in [2.45, 2.75) is 70.8 Å². The zero-order chi connectivity index (χ0) is 22.5. The maximum atomic E-state index is 12.3. The van der Waals surface area contributed by atoms with Crippen LogP contribution in [0.15, 0.2) is 24.3 Å². The van der Waals surface area contributed by atoms with Gasteiger partial charge in [-0.15, -0.1) is 0 Å². The van der Waals surface area contributed by atoms with Crippen LogP contribution in [0.2, 0.25) is 0 Å². The third-order valence-electron chi connectivity index (χ3n) is 5.70. The molecule has 176 valence electrons. The summed E-state index contributed by atoms with van der Waals surface area (Å²) < 4.78 is 33.2. The maximum absolute atomic E-state index is 12.3. The van der Waals surface area contributed by atoms with Gasteiger partial charge >= 0.3 is 5.97 Å². The molecule has 1 aromatic carbocycles. The van der Waals surface area contributed by atoms with Crippen molar-refractivity contribution in [1.82, 2.24) is 10.0 Å². The number of hydrogen-bond acceptors (Lipinski definition) is 5. The van der Waals surface area contributed by atoms with Crippen LogP contribution >= 0.6 is 0 Å². The van der Waals surface area contributed by atoms with Gasteiger partial charge in [-0.25, -0.2) is 13.1 Å². The van der Waals surface area contributed by atoms with Crippen molar-refractivity contribution >= 4 is 16.0 Å². The fourth-order valence-electron chi connectivity index (χ4n) is 3.98. The van der Waals surface area contributed by atoms with Crippen LogP contribution in [-0.2, 0) is 21.2 Å². The predicted molar refractivity (Wildman–Crippen MR) is 123 cm³/mol. The standard InChI is InChI=1S/C23H38N2O5S/c1-2-3-16-31(28,29)25-21(18-23(26)27)17-20-9-4-5-10-22(20)30-15-7-6-8-19-11-13-24-14-12-19/h4-5,9-10,19,21,24-25H,2-3,6-8,11-18H2,1H3,(H,26,27). The number of rotatable bonds is 15. The van der Waals surface area contributed by atoms with Crippen LogP contribution in [0, 0.1) is 5.92 Å². The number of unbranched alkanes of at least 4 members (excludes halogenated alkanes) is 2. The molecule has 0 bridgehead atoms. The number of hydrogen-bond donors (Lipinski definition) is 3. The Kier molecular flexibility index (Phi) is 11.3. The van der Waals surface area contributed by atoms with E-state index in [1.165, 1.54) is 19.3 Å². The SMILES string of the molecule is CCCCS(=O)(=O)NC(CC(=O)O)Cc1ccccc1OCCCCC1CCNCC1. The molecule has 1 fully saturated rings. The third kappa shape index (κ3) is 10.5. The molecule has 1 aliphatic rings. The van der Waals surface area contributed by atoms with Crippen LogP contribution in [0.3, 0.4) is 0 Å². The van der Waals surface area contributed by atoms with E-state index in [2.05, 4.69) is 10.0 Å². The molecule has 0 radical (unpaired) electrons. The molecule has 1 heterocycles. The maximum Gasteiger partial charge on any atom is 0.304 e. The number of carbonyl (C=O) groups is 1. The number of aliphatic carboxylic acids is 1. The van der Waals surface area contributed by atoms with Gasteiger partial charge in [-0.05, 0) is 69.2 Å². The molecule has 8 heteroatoms. The summed E-state index contributed by atoms with van der Waals surface area (Å²) in [6.07, 6.45) is 7.16. The molecule has 2 rings (SSSR count). The minimum Gasteiger partial charge on any atom is -0.493 e. The van der Waals surface area contributed by atoms with E-state index in [1.54, 1.807) is 0 Å². The Morgan fingerprint density at radius 3 is 2.68 bits per heavy atom. The molecular weight excluding hydrogens is 416 g/mol. The van der Waals surface area contributed by atoms with Crippen molar-refractivity contribution < 1.29 is 23.1 Å². The van der Waals surface area contributed by atoms with E-state index >= 15 is 0 Å². The van der Waals surface area contributed by atoms with Gasteiger partial charge in [0.2, 0.25) is 10.0 Å². The number of para-hydroxylation sites is 1. The topological polar surface area (TPSA) is 105 Å². The van der Waals surface area contributed by atoms with E-state index in [0.29, 0.717) is 18.8 Å². The quantitative estimate of drug-likeness (QED) is 0.351. The summed E-state index contributed by atoms with van der Waals surface area (Å²) in [5, 5.41) is 12.6. The first kappa shape index (κ1) is 25.6. The number of carboxylic acid groups (broad SMARTS) is 1. The molecule has 1 atom stereocenters. The van der Waals surface area contributed by atoms with Crippen molar-refractivity contribution in [2.75, 3.05) is 25.4 Å². The van der Waals surface area contributed by atoms with Crippen LogP contribution in [0.5, 0.6) is 5.75 Å². The molecule has 0 aliphatic carbocycles. The lowest BCUT2D eigenvalue weighted by Gasteiger charge is -2.22. The lowest BCUT2D eigenvalue weighted by molar-refractivity contribution is -0.137. The number of benzene rings is 1. The van der Waals surface area contributed by atoms with E-state index in [4.69, 9.17) is 4.74 Å². The Morgan fingerprint density at radius 1 is 1.23 bits per heavy atom. The summed E-state index contributed by atoms with van der Waals surface area (Å²) in [4.78, 5) is 11.3. The van der Waals surface area contributed by atoms with Crippen LogP contribution in [0.25, 0.3) is 0 Å². The number of piperidine rings is 1. The normalized spacial score (nSPS) is 16.2. The molecule has 1 saturated heterocycles. The molecule has 1 unspecified atom stereocenters. The molecule has 0 aromatic heterocycles. The zero-order valence-corrected chi connectivity index (χ0v) is 19.5. The van der Waals surface area contributed by atoms with Gasteiger partial charge in [-0.1, -0.05) is 38.0 Å². The van der Waals surface area contributed by atoms with E-state index in [-0.39, 0.29) is 18.6 Å². The van der Waals surface area contributed by atoms with Gasteiger partial charge in [0.05, 0.1) is 18.8 Å². The second-order valence-electron chi connectivity index (χ2n) is 8.43. The number of nitrogens with one attached hydrogen (secondary N) is 2. The number of carboxylic acids is 1. The van der Waals surface area contributed by atoms with Crippen molar-refractivity contribution in [3.8, 4) is 5.75 Å². The Labute approximate surface area is 187 Å². The van der Waals surface area contributed by atoms with Gasteiger partial charge in [-0.3, -0.25) is 4.79 Å². The fraction of sp³-hybridized carbons (Fsp3) is 0.696. The monoisotopic (exact) mass is 454 g/mol. The molecule has 1 aliphatic heterocycles. The highest BCUT2D eigenvalue weighted by atomic mass is 32.2. The van der Waals surface area contributed by atoms with Crippen molar-refractivity contribution in [3.63, 3.8) is 0 Å². The minimum absolute atomic E-state index is 0.00875. The predicted octanol–water partition coefficient (Wildman–Crippen LogP) is 3.34. The molecule has 1 aromatic rings. The first-order chi connectivity index (χ1) is 14.9. The lowest BCUT2D eigenvalue weighted by atomic mass is 9.93. The van der Waals surface area contributed by atoms with Crippen LogP contribution in [-0.4, -0.2) is 51.0 Å². The highest BCUT2D eigenvalue weighted by molar-refractivity contribution is 7.89. The minimum atomic E-state index is -3.52. The summed E-state index contributed by atoms with van der Waals surface area (Å²) in [7, 11) is -3.52. The van der Waals surface area contributed by atoms with Gasteiger partial charge in [0.25, 0.3) is 0 Å². The molecule has 0 saturated carbocycles. The van der Waals surface area contributed by atoms with Crippen molar-refractivity contribution in [3.05, 3.63) is 29.8 Å². The second kappa shape index (κ2) is 13.7. The molecular formula is C23H38N2O5S. The number of ether oxygens (including phenoxy) is 1. The molecule has 3 N–H and O–H groups in total. The first-order valence-electron chi connectivity index (χ1n) is 11.5. The molecule has 0 amide bonds. The van der Waals surface area contributed by atoms with E-state index < -0.39 is 22.0 Å². The summed E-state index contributed by atoms with van der Waals surface area (Å²) >= 11 is 0. The van der Waals surface area contributed by atoms with E-state index in [9.17, 15) is 18.3 Å². The van der Waals surface area contributed by atoms with Gasteiger partial charge in [0, 0.05) is 6.04 Å². The average Bonchev–Trinajstić information content (AvgIpc) is 2.73. The van der Waals surface area contributed by atoms with Gasteiger partial charge in [0.1, 0.15) is 5.75 Å². The largest absolute Gasteiger partial charge is 0.493 e.